The molecule has 6 heteroatoms. The smallest absolute Gasteiger partial charge is 0.218 e. The molecule has 0 spiro atoms. The summed E-state index contributed by atoms with van der Waals surface area (Å²) in [5.41, 5.74) is 0. The molecular formula is C11H12BrN3OS. The van der Waals surface area contributed by atoms with Gasteiger partial charge in [0, 0.05) is 20.8 Å². The lowest BCUT2D eigenvalue weighted by Gasteiger charge is -2.06. The predicted octanol–water partition coefficient (Wildman–Crippen LogP) is 3.23. The Labute approximate surface area is 112 Å². The number of thiophene rings is 1. The Morgan fingerprint density at radius 2 is 2.24 bits per heavy atom. The lowest BCUT2D eigenvalue weighted by Crippen LogP contribution is -2.03. The van der Waals surface area contributed by atoms with E-state index in [2.05, 4.69) is 42.7 Å². The summed E-state index contributed by atoms with van der Waals surface area (Å²) in [5.74, 6) is 2.05. The van der Waals surface area contributed by atoms with E-state index in [4.69, 9.17) is 4.74 Å². The van der Waals surface area contributed by atoms with Crippen molar-refractivity contribution >= 4 is 33.1 Å². The number of methoxy groups -OCH3 is 1. The highest BCUT2D eigenvalue weighted by Gasteiger charge is 2.02. The van der Waals surface area contributed by atoms with Crippen LogP contribution >= 0.6 is 27.3 Å². The summed E-state index contributed by atoms with van der Waals surface area (Å²) >= 11 is 5.13. The van der Waals surface area contributed by atoms with Gasteiger partial charge in [-0.25, -0.2) is 4.98 Å². The fourth-order valence-electron chi connectivity index (χ4n) is 1.36. The molecule has 2 aromatic heterocycles. The van der Waals surface area contributed by atoms with Crippen LogP contribution in [0.5, 0.6) is 5.88 Å². The van der Waals surface area contributed by atoms with Crippen LogP contribution in [0.4, 0.5) is 5.82 Å². The minimum Gasteiger partial charge on any atom is -0.481 e. The number of nitrogens with one attached hydrogen (secondary N) is 1. The average molecular weight is 314 g/mol. The normalized spacial score (nSPS) is 10.3. The zero-order valence-corrected chi connectivity index (χ0v) is 11.9. The summed E-state index contributed by atoms with van der Waals surface area (Å²) in [4.78, 5) is 9.67. The number of hydrogen-bond donors (Lipinski definition) is 1. The lowest BCUT2D eigenvalue weighted by atomic mass is 10.4. The maximum Gasteiger partial charge on any atom is 0.218 e. The van der Waals surface area contributed by atoms with Crippen LogP contribution in [-0.2, 0) is 6.54 Å². The highest BCUT2D eigenvalue weighted by Crippen LogP contribution is 2.21. The largest absolute Gasteiger partial charge is 0.481 e. The molecule has 2 aromatic rings. The van der Waals surface area contributed by atoms with Crippen molar-refractivity contribution in [2.75, 3.05) is 12.4 Å². The van der Waals surface area contributed by atoms with Gasteiger partial charge in [-0.1, -0.05) is 0 Å². The third-order valence-electron chi connectivity index (χ3n) is 2.09. The van der Waals surface area contributed by atoms with Gasteiger partial charge in [0.15, 0.2) is 0 Å². The Balaban J connectivity index is 2.05. The van der Waals surface area contributed by atoms with Gasteiger partial charge in [-0.15, -0.1) is 11.3 Å². The summed E-state index contributed by atoms with van der Waals surface area (Å²) in [7, 11) is 1.60. The molecule has 90 valence electrons. The van der Waals surface area contributed by atoms with Crippen molar-refractivity contribution in [2.24, 2.45) is 0 Å². The first-order valence-corrected chi connectivity index (χ1v) is 6.71. The molecule has 0 fully saturated rings. The number of aryl methyl sites for hydroxylation is 1. The van der Waals surface area contributed by atoms with Gasteiger partial charge in [0.25, 0.3) is 0 Å². The van der Waals surface area contributed by atoms with Crippen LogP contribution in [0.2, 0.25) is 0 Å². The highest BCUT2D eigenvalue weighted by molar-refractivity contribution is 9.10. The molecule has 0 aromatic carbocycles. The number of aromatic nitrogens is 2. The summed E-state index contributed by atoms with van der Waals surface area (Å²) in [6.45, 7) is 2.59. The van der Waals surface area contributed by atoms with Gasteiger partial charge in [-0.2, -0.15) is 4.98 Å². The topological polar surface area (TPSA) is 47.0 Å². The zero-order chi connectivity index (χ0) is 12.3. The SMILES string of the molecule is COc1cc(NCc2cc(Br)cs2)nc(C)n1. The molecule has 0 atom stereocenters. The predicted molar refractivity (Wildman–Crippen MR) is 72.7 cm³/mol. The van der Waals surface area contributed by atoms with Crippen molar-refractivity contribution in [3.8, 4) is 5.88 Å². The fourth-order valence-corrected chi connectivity index (χ4v) is 2.75. The summed E-state index contributed by atoms with van der Waals surface area (Å²) in [6.07, 6.45) is 0. The molecule has 0 bridgehead atoms. The van der Waals surface area contributed by atoms with Crippen molar-refractivity contribution < 1.29 is 4.74 Å². The van der Waals surface area contributed by atoms with E-state index in [0.717, 1.165) is 16.8 Å². The molecule has 17 heavy (non-hydrogen) atoms. The van der Waals surface area contributed by atoms with Gasteiger partial charge >= 0.3 is 0 Å². The first-order chi connectivity index (χ1) is 8.17. The molecule has 0 unspecified atom stereocenters. The molecule has 2 rings (SSSR count). The van der Waals surface area contributed by atoms with Gasteiger partial charge in [0.2, 0.25) is 5.88 Å². The van der Waals surface area contributed by atoms with Crippen LogP contribution in [0, 0.1) is 6.92 Å². The van der Waals surface area contributed by atoms with E-state index in [-0.39, 0.29) is 0 Å². The Hall–Kier alpha value is -1.14. The number of halogens is 1. The summed E-state index contributed by atoms with van der Waals surface area (Å²) in [6, 6.07) is 3.87. The van der Waals surface area contributed by atoms with Crippen molar-refractivity contribution in [3.05, 3.63) is 32.7 Å². The van der Waals surface area contributed by atoms with Gasteiger partial charge in [0.1, 0.15) is 11.6 Å². The maximum absolute atomic E-state index is 5.10. The second-order valence-electron chi connectivity index (χ2n) is 3.43. The van der Waals surface area contributed by atoms with Crippen LogP contribution in [0.15, 0.2) is 22.0 Å². The Kier molecular flexibility index (Phi) is 3.96. The standard InChI is InChI=1S/C11H12BrN3OS/c1-7-14-10(4-11(15-7)16-2)13-5-9-3-8(12)6-17-9/h3-4,6H,5H2,1-2H3,(H,13,14,15). The van der Waals surface area contributed by atoms with E-state index in [9.17, 15) is 0 Å². The van der Waals surface area contributed by atoms with Crippen LogP contribution in [0.1, 0.15) is 10.7 Å². The van der Waals surface area contributed by atoms with Crippen molar-refractivity contribution in [1.82, 2.24) is 9.97 Å². The maximum atomic E-state index is 5.10. The van der Waals surface area contributed by atoms with E-state index in [0.29, 0.717) is 11.7 Å². The van der Waals surface area contributed by atoms with E-state index >= 15 is 0 Å². The van der Waals surface area contributed by atoms with Crippen LogP contribution in [0.3, 0.4) is 0 Å². The Morgan fingerprint density at radius 1 is 1.41 bits per heavy atom. The molecular weight excluding hydrogens is 302 g/mol. The zero-order valence-electron chi connectivity index (χ0n) is 9.53. The monoisotopic (exact) mass is 313 g/mol. The average Bonchev–Trinajstić information content (AvgIpc) is 2.72. The number of ether oxygens (including phenoxy) is 1. The number of rotatable bonds is 4. The number of hydrogen-bond acceptors (Lipinski definition) is 5. The van der Waals surface area contributed by atoms with Crippen LogP contribution in [-0.4, -0.2) is 17.1 Å². The van der Waals surface area contributed by atoms with E-state index in [1.165, 1.54) is 4.88 Å². The molecule has 0 saturated carbocycles. The molecule has 1 N–H and O–H groups in total. The first-order valence-electron chi connectivity index (χ1n) is 5.04. The van der Waals surface area contributed by atoms with E-state index < -0.39 is 0 Å². The third-order valence-corrected chi connectivity index (χ3v) is 3.79. The van der Waals surface area contributed by atoms with E-state index in [1.54, 1.807) is 24.5 Å². The Bertz CT molecular complexity index is 515. The molecule has 0 aliphatic rings. The molecule has 0 saturated heterocycles. The molecule has 2 heterocycles. The number of nitrogens with zero attached hydrogens (tertiary/aromatic N) is 2. The second-order valence-corrected chi connectivity index (χ2v) is 5.34. The number of anilines is 1. The minimum absolute atomic E-state index is 0.576. The summed E-state index contributed by atoms with van der Waals surface area (Å²) < 4.78 is 6.20. The summed E-state index contributed by atoms with van der Waals surface area (Å²) in [5, 5.41) is 5.31. The van der Waals surface area contributed by atoms with Crippen LogP contribution in [0.25, 0.3) is 0 Å². The first kappa shape index (κ1) is 12.3. The van der Waals surface area contributed by atoms with Crippen molar-refractivity contribution in [3.63, 3.8) is 0 Å². The van der Waals surface area contributed by atoms with Crippen molar-refractivity contribution in [1.29, 1.82) is 0 Å². The Morgan fingerprint density at radius 3 is 2.88 bits per heavy atom. The van der Waals surface area contributed by atoms with Gasteiger partial charge in [-0.05, 0) is 28.9 Å². The van der Waals surface area contributed by atoms with Crippen LogP contribution < -0.4 is 10.1 Å². The fraction of sp³-hybridized carbons (Fsp3) is 0.273. The van der Waals surface area contributed by atoms with Crippen molar-refractivity contribution in [2.45, 2.75) is 13.5 Å². The highest BCUT2D eigenvalue weighted by atomic mass is 79.9. The lowest BCUT2D eigenvalue weighted by molar-refractivity contribution is 0.396. The molecule has 0 aliphatic heterocycles. The second kappa shape index (κ2) is 5.46. The van der Waals surface area contributed by atoms with Gasteiger partial charge in [0.05, 0.1) is 13.7 Å². The van der Waals surface area contributed by atoms with Gasteiger partial charge < -0.3 is 10.1 Å². The van der Waals surface area contributed by atoms with E-state index in [1.807, 2.05) is 6.92 Å². The molecule has 0 amide bonds. The molecule has 0 aliphatic carbocycles. The quantitative estimate of drug-likeness (QED) is 0.941. The van der Waals surface area contributed by atoms with Gasteiger partial charge in [-0.3, -0.25) is 0 Å². The minimum atomic E-state index is 0.576. The molecule has 4 nitrogen and oxygen atoms in total. The molecule has 0 radical (unpaired) electrons. The third kappa shape index (κ3) is 3.41.